The van der Waals surface area contributed by atoms with Crippen molar-refractivity contribution in [3.63, 3.8) is 0 Å². The number of benzene rings is 1. The van der Waals surface area contributed by atoms with Gasteiger partial charge in [-0.2, -0.15) is 4.98 Å². The smallest absolute Gasteiger partial charge is 0.222 e. The lowest BCUT2D eigenvalue weighted by Gasteiger charge is -2.24. The van der Waals surface area contributed by atoms with Gasteiger partial charge < -0.3 is 20.5 Å². The molecular formula is C22H20ClN5O2S. The van der Waals surface area contributed by atoms with E-state index < -0.39 is 5.60 Å². The first-order valence-electron chi connectivity index (χ1n) is 9.81. The molecular weight excluding hydrogens is 434 g/mol. The molecule has 0 amide bonds. The lowest BCUT2D eigenvalue weighted by atomic mass is 9.81. The summed E-state index contributed by atoms with van der Waals surface area (Å²) in [6.07, 6.45) is 4.09. The van der Waals surface area contributed by atoms with Crippen LogP contribution in [0.4, 0.5) is 17.5 Å². The van der Waals surface area contributed by atoms with Crippen molar-refractivity contribution >= 4 is 40.4 Å². The predicted molar refractivity (Wildman–Crippen MR) is 121 cm³/mol. The average Bonchev–Trinajstić information content (AvgIpc) is 3.50. The molecule has 3 aromatic rings. The van der Waals surface area contributed by atoms with Gasteiger partial charge in [-0.15, -0.1) is 11.3 Å². The normalized spacial score (nSPS) is 21.6. The molecule has 1 saturated heterocycles. The number of anilines is 3. The van der Waals surface area contributed by atoms with Crippen LogP contribution in [0.15, 0.2) is 36.0 Å². The summed E-state index contributed by atoms with van der Waals surface area (Å²) in [5, 5.41) is 13.5. The summed E-state index contributed by atoms with van der Waals surface area (Å²) in [7, 11) is 0. The van der Waals surface area contributed by atoms with Crippen molar-refractivity contribution in [2.75, 3.05) is 30.4 Å². The van der Waals surface area contributed by atoms with E-state index in [-0.39, 0.29) is 11.4 Å². The van der Waals surface area contributed by atoms with Crippen LogP contribution in [0, 0.1) is 11.8 Å². The molecule has 2 atom stereocenters. The number of fused-ring (bicyclic) bond motifs is 2. The minimum absolute atomic E-state index is 0.128. The van der Waals surface area contributed by atoms with Gasteiger partial charge in [0.15, 0.2) is 11.4 Å². The Kier molecular flexibility index (Phi) is 4.87. The molecule has 5 rings (SSSR count). The Morgan fingerprint density at radius 1 is 1.39 bits per heavy atom. The fourth-order valence-electron chi connectivity index (χ4n) is 4.16. The summed E-state index contributed by atoms with van der Waals surface area (Å²) in [4.78, 5) is 14.6. The quantitative estimate of drug-likeness (QED) is 0.575. The Balaban J connectivity index is 1.58. The third-order valence-corrected chi connectivity index (χ3v) is 6.97. The number of aromatic nitrogens is 3. The van der Waals surface area contributed by atoms with Gasteiger partial charge in [-0.1, -0.05) is 29.5 Å². The first kappa shape index (κ1) is 20.2. The molecule has 3 N–H and O–H groups in total. The predicted octanol–water partition coefficient (Wildman–Crippen LogP) is 3.24. The highest BCUT2D eigenvalue weighted by Crippen LogP contribution is 2.49. The zero-order valence-corrected chi connectivity index (χ0v) is 18.4. The van der Waals surface area contributed by atoms with Crippen molar-refractivity contribution in [1.29, 1.82) is 0 Å². The second-order valence-corrected chi connectivity index (χ2v) is 9.26. The number of hydrogen-bond donors (Lipinski definition) is 2. The fraction of sp³-hybridized carbons (Fsp3) is 0.318. The van der Waals surface area contributed by atoms with Crippen LogP contribution < -0.4 is 10.6 Å². The van der Waals surface area contributed by atoms with Crippen LogP contribution in [0.5, 0.6) is 0 Å². The lowest BCUT2D eigenvalue weighted by Crippen LogP contribution is -2.32. The van der Waals surface area contributed by atoms with E-state index in [0.717, 1.165) is 17.7 Å². The van der Waals surface area contributed by atoms with Crippen molar-refractivity contribution in [3.8, 4) is 11.8 Å². The number of hydrogen-bond acceptors (Lipinski definition) is 8. The molecule has 2 unspecified atom stereocenters. The highest BCUT2D eigenvalue weighted by atomic mass is 35.5. The Morgan fingerprint density at radius 2 is 2.26 bits per heavy atom. The molecule has 0 bridgehead atoms. The topological polar surface area (TPSA) is 97.4 Å². The molecule has 158 valence electrons. The molecule has 1 spiro atoms. The molecule has 1 fully saturated rings. The third kappa shape index (κ3) is 3.54. The second kappa shape index (κ2) is 7.46. The van der Waals surface area contributed by atoms with Crippen LogP contribution in [0.1, 0.15) is 29.5 Å². The number of halogens is 1. The monoisotopic (exact) mass is 453 g/mol. The van der Waals surface area contributed by atoms with Gasteiger partial charge in [0, 0.05) is 41.4 Å². The van der Waals surface area contributed by atoms with Crippen molar-refractivity contribution in [3.05, 3.63) is 57.1 Å². The largest absolute Gasteiger partial charge is 0.380 e. The van der Waals surface area contributed by atoms with Crippen LogP contribution in [0.3, 0.4) is 0 Å². The second-order valence-electron chi connectivity index (χ2n) is 7.96. The van der Waals surface area contributed by atoms with Crippen molar-refractivity contribution in [1.82, 2.24) is 15.0 Å². The van der Waals surface area contributed by atoms with Gasteiger partial charge in [0.1, 0.15) is 10.0 Å². The lowest BCUT2D eigenvalue weighted by molar-refractivity contribution is 0.122. The zero-order valence-electron chi connectivity index (χ0n) is 16.8. The molecule has 7 nitrogen and oxygen atoms in total. The molecule has 9 heteroatoms. The van der Waals surface area contributed by atoms with E-state index in [9.17, 15) is 5.11 Å². The van der Waals surface area contributed by atoms with Crippen molar-refractivity contribution in [2.45, 2.75) is 24.4 Å². The molecule has 31 heavy (non-hydrogen) atoms. The Bertz CT molecular complexity index is 1200. The van der Waals surface area contributed by atoms with Gasteiger partial charge in [-0.3, -0.25) is 0 Å². The van der Waals surface area contributed by atoms with Gasteiger partial charge >= 0.3 is 0 Å². The van der Waals surface area contributed by atoms with Gasteiger partial charge in [-0.05, 0) is 31.0 Å². The molecule has 0 saturated carbocycles. The van der Waals surface area contributed by atoms with E-state index in [1.54, 1.807) is 13.1 Å². The average molecular weight is 454 g/mol. The van der Waals surface area contributed by atoms with Crippen LogP contribution >= 0.6 is 22.9 Å². The number of nitrogens with zero attached hydrogens (tertiary/aromatic N) is 4. The van der Waals surface area contributed by atoms with E-state index >= 15 is 0 Å². The standard InChI is InChI=1S/C22H20ClN5O2S/c1-21(29,19-25-7-9-31-19)5-4-14-2-3-15-17(10-14)28(12-22(15)6-8-30-13-22)18-16(23)11-26-20(24)27-18/h2-3,7,9-11,29H,6,8,12-13H2,1H3,(H2,24,26,27). The number of rotatable bonds is 2. The van der Waals surface area contributed by atoms with Crippen LogP contribution in [0.25, 0.3) is 0 Å². The highest BCUT2D eigenvalue weighted by Gasteiger charge is 2.46. The summed E-state index contributed by atoms with van der Waals surface area (Å²) >= 11 is 7.81. The fourth-order valence-corrected chi connectivity index (χ4v) is 5.01. The maximum atomic E-state index is 10.7. The molecule has 2 aromatic heterocycles. The van der Waals surface area contributed by atoms with Crippen LogP contribution in [0.2, 0.25) is 5.02 Å². The Morgan fingerprint density at radius 3 is 3.00 bits per heavy atom. The minimum Gasteiger partial charge on any atom is -0.380 e. The molecule has 2 aliphatic rings. The summed E-state index contributed by atoms with van der Waals surface area (Å²) < 4.78 is 5.76. The molecule has 0 radical (unpaired) electrons. The summed E-state index contributed by atoms with van der Waals surface area (Å²) in [6, 6.07) is 6.07. The maximum absolute atomic E-state index is 10.7. The van der Waals surface area contributed by atoms with Gasteiger partial charge in [0.25, 0.3) is 0 Å². The molecule has 4 heterocycles. The zero-order chi connectivity index (χ0) is 21.6. The maximum Gasteiger partial charge on any atom is 0.222 e. The van der Waals surface area contributed by atoms with Crippen LogP contribution in [-0.2, 0) is 15.8 Å². The number of nitrogens with two attached hydrogens (primary N) is 1. The highest BCUT2D eigenvalue weighted by molar-refractivity contribution is 7.09. The van der Waals surface area contributed by atoms with E-state index in [1.165, 1.54) is 23.1 Å². The van der Waals surface area contributed by atoms with E-state index in [0.29, 0.717) is 35.6 Å². The molecule has 1 aromatic carbocycles. The van der Waals surface area contributed by atoms with Crippen molar-refractivity contribution < 1.29 is 9.84 Å². The van der Waals surface area contributed by atoms with Crippen molar-refractivity contribution in [2.24, 2.45) is 0 Å². The molecule has 0 aliphatic carbocycles. The van der Waals surface area contributed by atoms with Gasteiger partial charge in [-0.25, -0.2) is 9.97 Å². The number of aliphatic hydroxyl groups is 1. The summed E-state index contributed by atoms with van der Waals surface area (Å²) in [5.74, 6) is 6.78. The number of nitrogen functional groups attached to an aromatic ring is 1. The van der Waals surface area contributed by atoms with E-state index in [4.69, 9.17) is 22.1 Å². The number of ether oxygens (including phenoxy) is 1. The van der Waals surface area contributed by atoms with Gasteiger partial charge in [0.2, 0.25) is 5.95 Å². The minimum atomic E-state index is -1.32. The number of thiazole rings is 1. The first-order chi connectivity index (χ1) is 14.9. The Hall–Kier alpha value is -2.70. The van der Waals surface area contributed by atoms with Crippen LogP contribution in [-0.4, -0.2) is 39.8 Å². The van der Waals surface area contributed by atoms with E-state index in [2.05, 4.69) is 37.8 Å². The Labute approximate surface area is 188 Å². The summed E-state index contributed by atoms with van der Waals surface area (Å²) in [5.41, 5.74) is 7.31. The molecule has 2 aliphatic heterocycles. The third-order valence-electron chi connectivity index (χ3n) is 5.72. The SMILES string of the molecule is CC(O)(C#Cc1ccc2c(c1)N(c1nc(N)ncc1Cl)CC21CCOC1)c1nccs1. The van der Waals surface area contributed by atoms with Gasteiger partial charge in [0.05, 0.1) is 12.8 Å². The van der Waals surface area contributed by atoms with E-state index in [1.807, 2.05) is 17.5 Å². The first-order valence-corrected chi connectivity index (χ1v) is 11.1. The summed E-state index contributed by atoms with van der Waals surface area (Å²) in [6.45, 7) is 3.68.